The first-order valence-electron chi connectivity index (χ1n) is 6.48. The van der Waals surface area contributed by atoms with E-state index in [-0.39, 0.29) is 18.2 Å². The Kier molecular flexibility index (Phi) is 4.39. The van der Waals surface area contributed by atoms with Crippen LogP contribution in [0.5, 0.6) is 5.75 Å². The summed E-state index contributed by atoms with van der Waals surface area (Å²) in [5.41, 5.74) is 0.990. The second-order valence-electron chi connectivity index (χ2n) is 4.93. The molecule has 0 aromatic heterocycles. The summed E-state index contributed by atoms with van der Waals surface area (Å²) in [7, 11) is 0. The van der Waals surface area contributed by atoms with E-state index in [0.717, 1.165) is 5.56 Å². The van der Waals surface area contributed by atoms with Gasteiger partial charge in [0.1, 0.15) is 5.75 Å². The molecule has 1 aromatic carbocycles. The lowest BCUT2D eigenvalue weighted by Gasteiger charge is -2.33. The van der Waals surface area contributed by atoms with Gasteiger partial charge in [-0.2, -0.15) is 0 Å². The fourth-order valence-corrected chi connectivity index (χ4v) is 2.22. The van der Waals surface area contributed by atoms with Gasteiger partial charge in [0, 0.05) is 19.5 Å². The molecule has 1 saturated heterocycles. The van der Waals surface area contributed by atoms with Crippen molar-refractivity contribution in [2.24, 2.45) is 0 Å². The van der Waals surface area contributed by atoms with Crippen LogP contribution in [-0.4, -0.2) is 51.4 Å². The predicted octanol–water partition coefficient (Wildman–Crippen LogP) is 0.279. The summed E-state index contributed by atoms with van der Waals surface area (Å²) >= 11 is 0. The standard InChI is InChI=1S/C14H19NO4/c16-11-4-1-10(2-5-11)3-6-14(19)15-8-7-12(17)13(18)9-15/h1-2,4-5,12-13,16-18H,3,6-9H2/t12-,13-/m0/s1. The zero-order valence-corrected chi connectivity index (χ0v) is 10.7. The molecular formula is C14H19NO4. The largest absolute Gasteiger partial charge is 0.508 e. The fraction of sp³-hybridized carbons (Fsp3) is 0.500. The van der Waals surface area contributed by atoms with Crippen molar-refractivity contribution in [1.29, 1.82) is 0 Å². The first-order valence-corrected chi connectivity index (χ1v) is 6.48. The number of nitrogens with zero attached hydrogens (tertiary/aromatic N) is 1. The van der Waals surface area contributed by atoms with Gasteiger partial charge in [-0.15, -0.1) is 0 Å². The summed E-state index contributed by atoms with van der Waals surface area (Å²) in [6.07, 6.45) is -0.166. The van der Waals surface area contributed by atoms with E-state index in [4.69, 9.17) is 5.11 Å². The molecule has 0 unspecified atom stereocenters. The maximum atomic E-state index is 12.0. The van der Waals surface area contributed by atoms with Crippen LogP contribution in [-0.2, 0) is 11.2 Å². The number of rotatable bonds is 3. The molecule has 0 radical (unpaired) electrons. The zero-order chi connectivity index (χ0) is 13.8. The van der Waals surface area contributed by atoms with Crippen LogP contribution < -0.4 is 0 Å². The maximum Gasteiger partial charge on any atom is 0.222 e. The van der Waals surface area contributed by atoms with E-state index < -0.39 is 12.2 Å². The number of hydrogen-bond acceptors (Lipinski definition) is 4. The number of β-amino-alcohol motifs (C(OH)–C–C–N with tert-alkyl or cyclic N) is 1. The second kappa shape index (κ2) is 6.04. The monoisotopic (exact) mass is 265 g/mol. The van der Waals surface area contributed by atoms with Crippen molar-refractivity contribution >= 4 is 5.91 Å². The Morgan fingerprint density at radius 2 is 1.89 bits per heavy atom. The third kappa shape index (κ3) is 3.68. The van der Waals surface area contributed by atoms with Crippen LogP contribution in [0.1, 0.15) is 18.4 Å². The Morgan fingerprint density at radius 1 is 1.21 bits per heavy atom. The minimum Gasteiger partial charge on any atom is -0.508 e. The van der Waals surface area contributed by atoms with Gasteiger partial charge >= 0.3 is 0 Å². The lowest BCUT2D eigenvalue weighted by Crippen LogP contribution is -2.49. The molecule has 3 N–H and O–H groups in total. The second-order valence-corrected chi connectivity index (χ2v) is 4.93. The van der Waals surface area contributed by atoms with Crippen LogP contribution in [0.3, 0.4) is 0 Å². The number of aliphatic hydroxyl groups excluding tert-OH is 2. The van der Waals surface area contributed by atoms with E-state index in [1.807, 2.05) is 0 Å². The number of piperidine rings is 1. The number of likely N-dealkylation sites (tertiary alicyclic amines) is 1. The SMILES string of the molecule is O=C(CCc1ccc(O)cc1)N1CC[C@H](O)[C@@H](O)C1. The molecule has 0 spiro atoms. The number of carbonyl (C=O) groups excluding carboxylic acids is 1. The summed E-state index contributed by atoms with van der Waals surface area (Å²) in [6.45, 7) is 0.697. The third-order valence-corrected chi connectivity index (χ3v) is 3.46. The molecule has 0 saturated carbocycles. The molecule has 1 aliphatic heterocycles. The number of phenolic OH excluding ortho intramolecular Hbond substituents is 1. The molecule has 1 heterocycles. The van der Waals surface area contributed by atoms with Crippen LogP contribution in [0.4, 0.5) is 0 Å². The minimum atomic E-state index is -0.841. The van der Waals surface area contributed by atoms with Gasteiger partial charge in [0.2, 0.25) is 5.91 Å². The van der Waals surface area contributed by atoms with E-state index >= 15 is 0 Å². The molecule has 19 heavy (non-hydrogen) atoms. The van der Waals surface area contributed by atoms with Crippen molar-refractivity contribution in [3.05, 3.63) is 29.8 Å². The molecular weight excluding hydrogens is 246 g/mol. The number of aryl methyl sites for hydroxylation is 1. The number of carbonyl (C=O) groups is 1. The molecule has 1 aliphatic rings. The highest BCUT2D eigenvalue weighted by atomic mass is 16.3. The average molecular weight is 265 g/mol. The molecule has 5 nitrogen and oxygen atoms in total. The molecule has 0 aliphatic carbocycles. The number of hydrogen-bond donors (Lipinski definition) is 3. The van der Waals surface area contributed by atoms with Crippen molar-refractivity contribution in [2.75, 3.05) is 13.1 Å². The molecule has 1 aromatic rings. The molecule has 2 rings (SSSR count). The van der Waals surface area contributed by atoms with E-state index in [0.29, 0.717) is 25.8 Å². The molecule has 2 atom stereocenters. The summed E-state index contributed by atoms with van der Waals surface area (Å²) in [5, 5.41) is 28.1. The maximum absolute atomic E-state index is 12.0. The smallest absolute Gasteiger partial charge is 0.222 e. The van der Waals surface area contributed by atoms with Gasteiger partial charge in [-0.05, 0) is 30.5 Å². The van der Waals surface area contributed by atoms with Crippen LogP contribution in [0.2, 0.25) is 0 Å². The van der Waals surface area contributed by atoms with Crippen molar-refractivity contribution in [3.63, 3.8) is 0 Å². The molecule has 0 bridgehead atoms. The molecule has 1 amide bonds. The van der Waals surface area contributed by atoms with Gasteiger partial charge < -0.3 is 20.2 Å². The first kappa shape index (κ1) is 13.8. The predicted molar refractivity (Wildman–Crippen MR) is 69.6 cm³/mol. The first-order chi connectivity index (χ1) is 9.06. The van der Waals surface area contributed by atoms with E-state index in [1.54, 1.807) is 29.2 Å². The van der Waals surface area contributed by atoms with Crippen molar-refractivity contribution in [3.8, 4) is 5.75 Å². The topological polar surface area (TPSA) is 81.0 Å². The number of aromatic hydroxyl groups is 1. The Balaban J connectivity index is 1.83. The Bertz CT molecular complexity index is 432. The van der Waals surface area contributed by atoms with Gasteiger partial charge in [0.15, 0.2) is 0 Å². The third-order valence-electron chi connectivity index (χ3n) is 3.46. The Morgan fingerprint density at radius 3 is 2.53 bits per heavy atom. The van der Waals surface area contributed by atoms with Crippen molar-refractivity contribution in [1.82, 2.24) is 4.90 Å². The lowest BCUT2D eigenvalue weighted by atomic mass is 10.0. The number of benzene rings is 1. The van der Waals surface area contributed by atoms with Crippen molar-refractivity contribution < 1.29 is 20.1 Å². The highest BCUT2D eigenvalue weighted by molar-refractivity contribution is 5.76. The van der Waals surface area contributed by atoms with Gasteiger partial charge in [-0.1, -0.05) is 12.1 Å². The number of aliphatic hydroxyl groups is 2. The zero-order valence-electron chi connectivity index (χ0n) is 10.7. The van der Waals surface area contributed by atoms with Crippen LogP contribution >= 0.6 is 0 Å². The van der Waals surface area contributed by atoms with Crippen LogP contribution in [0.15, 0.2) is 24.3 Å². The van der Waals surface area contributed by atoms with Gasteiger partial charge in [-0.3, -0.25) is 4.79 Å². The summed E-state index contributed by atoms with van der Waals surface area (Å²) in [4.78, 5) is 13.6. The fourth-order valence-electron chi connectivity index (χ4n) is 2.22. The molecule has 5 heteroatoms. The molecule has 1 fully saturated rings. The summed E-state index contributed by atoms with van der Waals surface area (Å²) in [6, 6.07) is 6.77. The minimum absolute atomic E-state index is 0.0148. The summed E-state index contributed by atoms with van der Waals surface area (Å²) < 4.78 is 0. The highest BCUT2D eigenvalue weighted by Crippen LogP contribution is 2.14. The molecule has 104 valence electrons. The van der Waals surface area contributed by atoms with E-state index in [9.17, 15) is 15.0 Å². The van der Waals surface area contributed by atoms with Crippen molar-refractivity contribution in [2.45, 2.75) is 31.5 Å². The summed E-state index contributed by atoms with van der Waals surface area (Å²) in [5.74, 6) is 0.197. The van der Waals surface area contributed by atoms with E-state index in [2.05, 4.69) is 0 Å². The normalized spacial score (nSPS) is 23.4. The van der Waals surface area contributed by atoms with Crippen LogP contribution in [0.25, 0.3) is 0 Å². The number of phenols is 1. The number of amides is 1. The quantitative estimate of drug-likeness (QED) is 0.733. The van der Waals surface area contributed by atoms with Crippen LogP contribution in [0, 0.1) is 0 Å². The van der Waals surface area contributed by atoms with Gasteiger partial charge in [-0.25, -0.2) is 0 Å². The average Bonchev–Trinajstić information content (AvgIpc) is 2.41. The lowest BCUT2D eigenvalue weighted by molar-refractivity contribution is -0.137. The highest BCUT2D eigenvalue weighted by Gasteiger charge is 2.28. The van der Waals surface area contributed by atoms with E-state index in [1.165, 1.54) is 0 Å². The van der Waals surface area contributed by atoms with Gasteiger partial charge in [0.25, 0.3) is 0 Å². The Labute approximate surface area is 112 Å². The van der Waals surface area contributed by atoms with Gasteiger partial charge in [0.05, 0.1) is 12.2 Å². The Hall–Kier alpha value is -1.59.